The van der Waals surface area contributed by atoms with Crippen LogP contribution in [0.3, 0.4) is 0 Å². The Morgan fingerprint density at radius 2 is 1.58 bits per heavy atom. The topological polar surface area (TPSA) is 58.4 Å². The molecule has 2 rings (SSSR count). The van der Waals surface area contributed by atoms with Crippen molar-refractivity contribution in [2.24, 2.45) is 0 Å². The van der Waals surface area contributed by atoms with Crippen LogP contribution < -0.4 is 4.90 Å². The number of hydrogen-bond acceptors (Lipinski definition) is 6. The molecule has 0 saturated carbocycles. The van der Waals surface area contributed by atoms with Gasteiger partial charge in [-0.1, -0.05) is 41.5 Å². The van der Waals surface area contributed by atoms with Crippen LogP contribution in [-0.2, 0) is 8.85 Å². The number of aromatic nitrogens is 1. The van der Waals surface area contributed by atoms with Crippen LogP contribution in [0.25, 0.3) is 0 Å². The van der Waals surface area contributed by atoms with Gasteiger partial charge < -0.3 is 13.8 Å². The van der Waals surface area contributed by atoms with Crippen molar-refractivity contribution < 1.29 is 8.85 Å². The minimum Gasteiger partial charge on any atom is -0.411 e. The van der Waals surface area contributed by atoms with E-state index in [2.05, 4.69) is 83.0 Å². The lowest BCUT2D eigenvalue weighted by Crippen LogP contribution is -2.58. The van der Waals surface area contributed by atoms with Crippen LogP contribution in [0.5, 0.6) is 0 Å². The smallest absolute Gasteiger partial charge is 0.192 e. The fraction of sp³-hybridized carbons (Fsp3) is 0.739. The second kappa shape index (κ2) is 9.56. The van der Waals surface area contributed by atoms with Gasteiger partial charge in [-0.3, -0.25) is 4.98 Å². The van der Waals surface area contributed by atoms with E-state index in [-0.39, 0.29) is 22.3 Å². The molecular weight excluding hydrogens is 439 g/mol. The lowest BCUT2D eigenvalue weighted by atomic mass is 10.0. The van der Waals surface area contributed by atoms with Crippen molar-refractivity contribution >= 4 is 34.1 Å². The zero-order chi connectivity index (χ0) is 23.7. The number of anilines is 1. The molecule has 0 amide bonds. The highest BCUT2D eigenvalue weighted by Gasteiger charge is 2.46. The first-order valence-corrected chi connectivity index (χ1v) is 17.8. The Morgan fingerprint density at radius 3 is 2.10 bits per heavy atom. The molecule has 0 bridgehead atoms. The number of rotatable bonds is 6. The minimum atomic E-state index is -1.98. The molecule has 1 aromatic rings. The van der Waals surface area contributed by atoms with Crippen molar-refractivity contribution in [2.45, 2.75) is 101 Å². The van der Waals surface area contributed by atoms with Gasteiger partial charge in [-0.25, -0.2) is 0 Å². The summed E-state index contributed by atoms with van der Waals surface area (Å²) in [5.74, 6) is 0. The average molecular weight is 480 g/mol. The summed E-state index contributed by atoms with van der Waals surface area (Å²) in [5.41, 5.74) is 1.07. The molecule has 2 atom stereocenters. The highest BCUT2D eigenvalue weighted by molar-refractivity contribution is 8.03. The first-order chi connectivity index (χ1) is 14.1. The number of hydrogen-bond donors (Lipinski definition) is 0. The molecule has 0 radical (unpaired) electrons. The van der Waals surface area contributed by atoms with Crippen molar-refractivity contribution in [3.05, 3.63) is 18.5 Å². The standard InChI is InChI=1S/C23H41N3O2SSi2/c1-22(2,3)30(7,8)27-19-12-14-26(18-11-13-25-15-21(18)29-17-24)16-20(19)28-31(9,10)23(4,5)6/h11,13,15,19-20H,12,14,16H2,1-10H3/t19-,20-/m1/s1. The zero-order valence-electron chi connectivity index (χ0n) is 21.1. The number of piperidine rings is 1. The zero-order valence-corrected chi connectivity index (χ0v) is 23.9. The van der Waals surface area contributed by atoms with Crippen LogP contribution in [0.1, 0.15) is 48.0 Å². The molecule has 1 aromatic heterocycles. The summed E-state index contributed by atoms with van der Waals surface area (Å²) in [5, 5.41) is 11.7. The van der Waals surface area contributed by atoms with E-state index in [0.29, 0.717) is 0 Å². The third kappa shape index (κ3) is 6.35. The molecule has 0 unspecified atom stereocenters. The first kappa shape index (κ1) is 26.4. The molecule has 1 fully saturated rings. The van der Waals surface area contributed by atoms with Crippen LogP contribution in [0.4, 0.5) is 5.69 Å². The van der Waals surface area contributed by atoms with Crippen LogP contribution in [-0.4, -0.2) is 46.9 Å². The monoisotopic (exact) mass is 479 g/mol. The molecule has 0 aliphatic carbocycles. The van der Waals surface area contributed by atoms with E-state index in [1.807, 2.05) is 6.07 Å². The van der Waals surface area contributed by atoms with Gasteiger partial charge in [0.1, 0.15) is 5.40 Å². The van der Waals surface area contributed by atoms with Crippen molar-refractivity contribution in [1.82, 2.24) is 4.98 Å². The molecule has 1 aliphatic heterocycles. The summed E-state index contributed by atoms with van der Waals surface area (Å²) in [7, 11) is -3.90. The second-order valence-corrected chi connectivity index (χ2v) is 21.9. The molecule has 0 N–H and O–H groups in total. The molecule has 0 spiro atoms. The van der Waals surface area contributed by atoms with Crippen molar-refractivity contribution in [3.63, 3.8) is 0 Å². The van der Waals surface area contributed by atoms with Gasteiger partial charge in [-0.05, 0) is 60.5 Å². The summed E-state index contributed by atoms with van der Waals surface area (Å²) in [6.07, 6.45) is 4.62. The predicted octanol–water partition coefficient (Wildman–Crippen LogP) is 6.65. The number of nitrogens with zero attached hydrogens (tertiary/aromatic N) is 3. The Balaban J connectivity index is 2.34. The molecule has 174 valence electrons. The number of thiocyanates is 1. The minimum absolute atomic E-state index is 0.0110. The summed E-state index contributed by atoms with van der Waals surface area (Å²) in [4.78, 5) is 7.47. The van der Waals surface area contributed by atoms with E-state index in [4.69, 9.17) is 8.85 Å². The van der Waals surface area contributed by atoms with Crippen molar-refractivity contribution in [2.75, 3.05) is 18.0 Å². The quantitative estimate of drug-likeness (QED) is 0.259. The third-order valence-electron chi connectivity index (χ3n) is 7.26. The summed E-state index contributed by atoms with van der Waals surface area (Å²) < 4.78 is 13.9. The van der Waals surface area contributed by atoms with Gasteiger partial charge in [0.15, 0.2) is 16.6 Å². The fourth-order valence-corrected chi connectivity index (χ4v) is 6.46. The Labute approximate surface area is 196 Å². The Kier molecular flexibility index (Phi) is 8.14. The van der Waals surface area contributed by atoms with Gasteiger partial charge in [0.25, 0.3) is 0 Å². The van der Waals surface area contributed by atoms with E-state index in [9.17, 15) is 5.26 Å². The lowest BCUT2D eigenvalue weighted by Gasteiger charge is -2.49. The van der Waals surface area contributed by atoms with Crippen molar-refractivity contribution in [1.29, 1.82) is 5.26 Å². The van der Waals surface area contributed by atoms with Gasteiger partial charge in [0.05, 0.1) is 22.8 Å². The normalized spacial score (nSPS) is 21.1. The SMILES string of the molecule is CC(C)(C)[Si](C)(C)O[C@@H]1CCN(c2ccncc2SC#N)C[C@H]1O[Si](C)(C)C(C)(C)C. The number of thioether (sulfide) groups is 1. The summed E-state index contributed by atoms with van der Waals surface area (Å²) >= 11 is 1.17. The third-order valence-corrected chi connectivity index (χ3v) is 16.9. The fourth-order valence-electron chi connectivity index (χ4n) is 3.23. The molecule has 8 heteroatoms. The van der Waals surface area contributed by atoms with Crippen molar-refractivity contribution in [3.8, 4) is 5.40 Å². The van der Waals surface area contributed by atoms with Gasteiger partial charge in [-0.2, -0.15) is 5.26 Å². The summed E-state index contributed by atoms with van der Waals surface area (Å²) in [6, 6.07) is 2.01. The van der Waals surface area contributed by atoms with Gasteiger partial charge in [-0.15, -0.1) is 0 Å². The second-order valence-electron chi connectivity index (χ2n) is 11.6. The van der Waals surface area contributed by atoms with E-state index < -0.39 is 16.6 Å². The Hall–Kier alpha value is -0.856. The van der Waals surface area contributed by atoms with E-state index >= 15 is 0 Å². The highest BCUT2D eigenvalue weighted by atomic mass is 32.2. The molecule has 5 nitrogen and oxygen atoms in total. The number of nitriles is 1. The van der Waals surface area contributed by atoms with E-state index in [1.165, 1.54) is 11.8 Å². The molecule has 1 aliphatic rings. The summed E-state index contributed by atoms with van der Waals surface area (Å²) in [6.45, 7) is 24.7. The predicted molar refractivity (Wildman–Crippen MR) is 137 cm³/mol. The molecule has 1 saturated heterocycles. The average Bonchev–Trinajstić information content (AvgIpc) is 2.61. The molecule has 2 heterocycles. The Morgan fingerprint density at radius 1 is 1.03 bits per heavy atom. The molecular formula is C23H41N3O2SSi2. The molecule has 0 aromatic carbocycles. The first-order valence-electron chi connectivity index (χ1n) is 11.2. The Bertz CT molecular complexity index is 797. The van der Waals surface area contributed by atoms with Gasteiger partial charge in [0, 0.05) is 25.5 Å². The van der Waals surface area contributed by atoms with Crippen LogP contribution in [0, 0.1) is 10.7 Å². The molecule has 31 heavy (non-hydrogen) atoms. The maximum atomic E-state index is 9.21. The maximum Gasteiger partial charge on any atom is 0.192 e. The highest BCUT2D eigenvalue weighted by Crippen LogP contribution is 2.42. The lowest BCUT2D eigenvalue weighted by molar-refractivity contribution is 0.0231. The van der Waals surface area contributed by atoms with Gasteiger partial charge in [0.2, 0.25) is 0 Å². The van der Waals surface area contributed by atoms with E-state index in [1.54, 1.807) is 12.4 Å². The van der Waals surface area contributed by atoms with Crippen LogP contribution in [0.2, 0.25) is 36.3 Å². The number of pyridine rings is 1. The van der Waals surface area contributed by atoms with Crippen LogP contribution in [0.15, 0.2) is 23.4 Å². The van der Waals surface area contributed by atoms with Gasteiger partial charge >= 0.3 is 0 Å². The van der Waals surface area contributed by atoms with Crippen LogP contribution >= 0.6 is 11.8 Å². The largest absolute Gasteiger partial charge is 0.411 e. The maximum absolute atomic E-state index is 9.21. The van der Waals surface area contributed by atoms with E-state index in [0.717, 1.165) is 30.1 Å².